The van der Waals surface area contributed by atoms with E-state index >= 15 is 0 Å². The van der Waals surface area contributed by atoms with E-state index in [1.807, 2.05) is 36.4 Å². The van der Waals surface area contributed by atoms with E-state index in [0.29, 0.717) is 11.4 Å². The zero-order valence-electron chi connectivity index (χ0n) is 17.8. The van der Waals surface area contributed by atoms with Gasteiger partial charge in [0.1, 0.15) is 5.75 Å². The highest BCUT2D eigenvalue weighted by molar-refractivity contribution is 6.28. The van der Waals surface area contributed by atoms with Gasteiger partial charge in [-0.25, -0.2) is 9.80 Å². The van der Waals surface area contributed by atoms with Crippen LogP contribution in [-0.4, -0.2) is 28.7 Å². The smallest absolute Gasteiger partial charge is 0.258 e. The summed E-state index contributed by atoms with van der Waals surface area (Å²) in [6.07, 6.45) is 4.95. The summed E-state index contributed by atoms with van der Waals surface area (Å²) < 4.78 is 0. The number of rotatable bonds is 5. The molecule has 3 aromatic rings. The maximum atomic E-state index is 12.0. The first-order valence-electron chi connectivity index (χ1n) is 10.5. The summed E-state index contributed by atoms with van der Waals surface area (Å²) >= 11 is 0. The summed E-state index contributed by atoms with van der Waals surface area (Å²) in [7, 11) is 0. The first kappa shape index (κ1) is 21.1. The van der Waals surface area contributed by atoms with Gasteiger partial charge in [-0.05, 0) is 53.1 Å². The van der Waals surface area contributed by atoms with E-state index in [2.05, 4.69) is 0 Å². The molecule has 34 heavy (non-hydrogen) atoms. The molecule has 7 nitrogen and oxygen atoms in total. The number of anilines is 2. The van der Waals surface area contributed by atoms with Gasteiger partial charge in [0, 0.05) is 30.2 Å². The summed E-state index contributed by atoms with van der Waals surface area (Å²) in [4.78, 5) is 50.2. The number of phenolic OH excluding ortho intramolecular Hbond substituents is 1. The lowest BCUT2D eigenvalue weighted by atomic mass is 9.85. The fourth-order valence-electron chi connectivity index (χ4n) is 4.19. The van der Waals surface area contributed by atoms with Crippen LogP contribution in [0.5, 0.6) is 5.75 Å². The average Bonchev–Trinajstić information content (AvgIpc) is 3.36. The zero-order chi connectivity index (χ0) is 23.8. The maximum Gasteiger partial charge on any atom is 0.258 e. The molecule has 1 N–H and O–H groups in total. The van der Waals surface area contributed by atoms with E-state index in [0.717, 1.165) is 26.5 Å². The molecule has 0 bridgehead atoms. The molecule has 5 rings (SSSR count). The number of carbonyl (C=O) groups is 4. The molecule has 0 atom stereocenters. The Morgan fingerprint density at radius 3 is 1.09 bits per heavy atom. The van der Waals surface area contributed by atoms with Crippen LogP contribution >= 0.6 is 0 Å². The highest BCUT2D eigenvalue weighted by atomic mass is 16.3. The third kappa shape index (κ3) is 3.69. The van der Waals surface area contributed by atoms with Gasteiger partial charge in [0.05, 0.1) is 11.4 Å². The van der Waals surface area contributed by atoms with Crippen molar-refractivity contribution in [2.45, 2.75) is 5.92 Å². The van der Waals surface area contributed by atoms with E-state index in [1.165, 1.54) is 24.3 Å². The number of carbonyl (C=O) groups excluding carboxylic acids is 4. The molecule has 0 saturated heterocycles. The first-order valence-corrected chi connectivity index (χ1v) is 10.5. The van der Waals surface area contributed by atoms with Crippen molar-refractivity contribution in [3.8, 4) is 5.75 Å². The molecular formula is C27H18N2O5. The number of nitrogens with zero attached hydrogens (tertiary/aromatic N) is 2. The van der Waals surface area contributed by atoms with Gasteiger partial charge in [0.15, 0.2) is 0 Å². The Morgan fingerprint density at radius 2 is 0.765 bits per heavy atom. The third-order valence-corrected chi connectivity index (χ3v) is 5.81. The Morgan fingerprint density at radius 1 is 0.471 bits per heavy atom. The molecule has 2 aliphatic heterocycles. The Kier molecular flexibility index (Phi) is 5.14. The van der Waals surface area contributed by atoms with Crippen molar-refractivity contribution in [1.29, 1.82) is 0 Å². The van der Waals surface area contributed by atoms with Crippen LogP contribution in [0.2, 0.25) is 0 Å². The topological polar surface area (TPSA) is 95.0 Å². The number of phenols is 1. The van der Waals surface area contributed by atoms with Crippen LogP contribution < -0.4 is 9.80 Å². The van der Waals surface area contributed by atoms with Crippen molar-refractivity contribution >= 4 is 35.0 Å². The van der Waals surface area contributed by atoms with Crippen molar-refractivity contribution in [2.24, 2.45) is 0 Å². The first-order chi connectivity index (χ1) is 16.4. The van der Waals surface area contributed by atoms with Crippen LogP contribution in [0.1, 0.15) is 22.6 Å². The van der Waals surface area contributed by atoms with Crippen molar-refractivity contribution in [2.75, 3.05) is 9.80 Å². The van der Waals surface area contributed by atoms with Gasteiger partial charge < -0.3 is 5.11 Å². The summed E-state index contributed by atoms with van der Waals surface area (Å²) in [5.74, 6) is -1.64. The van der Waals surface area contributed by atoms with Crippen LogP contribution in [0.3, 0.4) is 0 Å². The molecule has 0 fully saturated rings. The van der Waals surface area contributed by atoms with Crippen molar-refractivity contribution < 1.29 is 24.3 Å². The number of hydrogen-bond acceptors (Lipinski definition) is 5. The molecule has 0 spiro atoms. The van der Waals surface area contributed by atoms with Gasteiger partial charge >= 0.3 is 0 Å². The lowest BCUT2D eigenvalue weighted by Crippen LogP contribution is -2.29. The largest absolute Gasteiger partial charge is 0.508 e. The normalized spacial score (nSPS) is 15.3. The lowest BCUT2D eigenvalue weighted by molar-refractivity contribution is -0.121. The van der Waals surface area contributed by atoms with Gasteiger partial charge in [-0.2, -0.15) is 0 Å². The second-order valence-corrected chi connectivity index (χ2v) is 7.90. The minimum absolute atomic E-state index is 0.144. The van der Waals surface area contributed by atoms with Crippen LogP contribution in [0.15, 0.2) is 97.1 Å². The highest BCUT2D eigenvalue weighted by Crippen LogP contribution is 2.35. The van der Waals surface area contributed by atoms with Crippen molar-refractivity contribution in [3.05, 3.63) is 114 Å². The molecule has 166 valence electrons. The zero-order valence-corrected chi connectivity index (χ0v) is 17.8. The molecule has 0 unspecified atom stereocenters. The summed E-state index contributed by atoms with van der Waals surface area (Å²) in [5, 5.41) is 9.74. The third-order valence-electron chi connectivity index (χ3n) is 5.81. The van der Waals surface area contributed by atoms with E-state index in [9.17, 15) is 24.3 Å². The fourth-order valence-corrected chi connectivity index (χ4v) is 4.19. The highest BCUT2D eigenvalue weighted by Gasteiger charge is 2.27. The van der Waals surface area contributed by atoms with E-state index in [4.69, 9.17) is 0 Å². The minimum atomic E-state index is -0.385. The van der Waals surface area contributed by atoms with Gasteiger partial charge in [0.25, 0.3) is 23.6 Å². The number of amides is 4. The maximum absolute atomic E-state index is 12.0. The predicted octanol–water partition coefficient (Wildman–Crippen LogP) is 3.43. The predicted molar refractivity (Wildman–Crippen MR) is 125 cm³/mol. The van der Waals surface area contributed by atoms with Gasteiger partial charge in [-0.1, -0.05) is 36.4 Å². The summed E-state index contributed by atoms with van der Waals surface area (Å²) in [5.41, 5.74) is 3.64. The van der Waals surface area contributed by atoms with Gasteiger partial charge in [0.2, 0.25) is 0 Å². The van der Waals surface area contributed by atoms with Crippen molar-refractivity contribution in [1.82, 2.24) is 0 Å². The standard InChI is InChI=1S/C27H18N2O5/c30-22-11-5-19(6-12-22)27(17-1-7-20(8-2-17)28-23(31)13-14-24(28)32)18-3-9-21(10-4-18)29-25(33)15-16-26(29)34/h1-16,27,30H. The number of aromatic hydroxyl groups is 1. The molecule has 0 radical (unpaired) electrons. The van der Waals surface area contributed by atoms with E-state index in [-0.39, 0.29) is 35.3 Å². The molecule has 4 amide bonds. The number of benzene rings is 3. The van der Waals surface area contributed by atoms with Crippen LogP contribution in [-0.2, 0) is 19.2 Å². The average molecular weight is 450 g/mol. The number of imide groups is 2. The van der Waals surface area contributed by atoms with Crippen LogP contribution in [0.25, 0.3) is 0 Å². The molecule has 2 aliphatic rings. The molecule has 7 heteroatoms. The molecule has 0 saturated carbocycles. The van der Waals surface area contributed by atoms with E-state index in [1.54, 1.807) is 36.4 Å². The molecule has 0 aliphatic carbocycles. The molecule has 0 aromatic heterocycles. The SMILES string of the molecule is O=C1C=CC(=O)N1c1ccc(C(c2ccc(O)cc2)c2ccc(N3C(=O)C=CC3=O)cc2)cc1. The second kappa shape index (κ2) is 8.29. The minimum Gasteiger partial charge on any atom is -0.508 e. The van der Waals surface area contributed by atoms with E-state index < -0.39 is 0 Å². The van der Waals surface area contributed by atoms with Gasteiger partial charge in [-0.3, -0.25) is 19.2 Å². The van der Waals surface area contributed by atoms with Crippen molar-refractivity contribution in [3.63, 3.8) is 0 Å². The second-order valence-electron chi connectivity index (χ2n) is 7.90. The summed E-state index contributed by atoms with van der Waals surface area (Å²) in [6.45, 7) is 0. The quantitative estimate of drug-likeness (QED) is 0.475. The van der Waals surface area contributed by atoms with Crippen LogP contribution in [0, 0.1) is 0 Å². The molecular weight excluding hydrogens is 432 g/mol. The Hall–Kier alpha value is -4.78. The monoisotopic (exact) mass is 450 g/mol. The number of hydrogen-bond donors (Lipinski definition) is 1. The Labute approximate surface area is 194 Å². The molecule has 3 aromatic carbocycles. The molecule has 2 heterocycles. The Balaban J connectivity index is 1.51. The Bertz CT molecular complexity index is 1250. The van der Waals surface area contributed by atoms with Crippen LogP contribution in [0.4, 0.5) is 11.4 Å². The summed E-state index contributed by atoms with van der Waals surface area (Å²) in [6, 6.07) is 21.1. The lowest BCUT2D eigenvalue weighted by Gasteiger charge is -2.22. The van der Waals surface area contributed by atoms with Gasteiger partial charge in [-0.15, -0.1) is 0 Å². The fraction of sp³-hybridized carbons (Fsp3) is 0.0370.